The van der Waals surface area contributed by atoms with E-state index in [0.717, 1.165) is 5.76 Å². The molecule has 0 aromatic carbocycles. The van der Waals surface area contributed by atoms with Gasteiger partial charge in [0.15, 0.2) is 5.90 Å². The maximum Gasteiger partial charge on any atom is 0.192 e. The van der Waals surface area contributed by atoms with Crippen LogP contribution in [0.2, 0.25) is 0 Å². The van der Waals surface area contributed by atoms with Crippen molar-refractivity contribution >= 4 is 5.90 Å². The monoisotopic (exact) mass is 109 g/mol. The Morgan fingerprint density at radius 3 is 2.75 bits per heavy atom. The molecule has 0 bridgehead atoms. The second-order valence-electron chi connectivity index (χ2n) is 1.58. The zero-order valence-electron chi connectivity index (χ0n) is 4.93. The van der Waals surface area contributed by atoms with Gasteiger partial charge in [0.2, 0.25) is 0 Å². The van der Waals surface area contributed by atoms with Crippen molar-refractivity contribution in [3.63, 3.8) is 0 Å². The van der Waals surface area contributed by atoms with Gasteiger partial charge < -0.3 is 4.74 Å². The predicted octanol–water partition coefficient (Wildman–Crippen LogP) is 1.45. The zero-order valence-corrected chi connectivity index (χ0v) is 4.93. The lowest BCUT2D eigenvalue weighted by Crippen LogP contribution is -1.97. The summed E-state index contributed by atoms with van der Waals surface area (Å²) in [5.74, 6) is 1.46. The highest BCUT2D eigenvalue weighted by Crippen LogP contribution is 1.99. The van der Waals surface area contributed by atoms with E-state index in [-0.39, 0.29) is 0 Å². The number of ether oxygens (including phenoxy) is 1. The first-order chi connectivity index (χ1) is 3.79. The van der Waals surface area contributed by atoms with Crippen LogP contribution in [0.25, 0.3) is 0 Å². The summed E-state index contributed by atoms with van der Waals surface area (Å²) in [5.41, 5.74) is 2.79. The molecule has 0 radical (unpaired) electrons. The van der Waals surface area contributed by atoms with Crippen LogP contribution in [-0.2, 0) is 4.74 Å². The summed E-state index contributed by atoms with van der Waals surface area (Å²) >= 11 is 0. The molecule has 0 aromatic heterocycles. The van der Waals surface area contributed by atoms with Gasteiger partial charge in [-0.05, 0) is 0 Å². The average molecular weight is 109 g/mol. The minimum absolute atomic E-state index is 0.682. The van der Waals surface area contributed by atoms with Crippen LogP contribution in [0, 0.1) is 0 Å². The second kappa shape index (κ2) is 1.85. The molecular formula is C6H7NO. The number of rotatable bonds is 0. The van der Waals surface area contributed by atoms with Crippen molar-refractivity contribution in [2.45, 2.75) is 13.8 Å². The molecule has 0 amide bonds. The lowest BCUT2D eigenvalue weighted by Gasteiger charge is -2.02. The summed E-state index contributed by atoms with van der Waals surface area (Å²) in [4.78, 5) is 3.82. The molecule has 2 heteroatoms. The van der Waals surface area contributed by atoms with Crippen LogP contribution in [0.4, 0.5) is 0 Å². The van der Waals surface area contributed by atoms with Crippen LogP contribution in [0.3, 0.4) is 0 Å². The molecule has 8 heavy (non-hydrogen) atoms. The SMILES string of the molecule is CC1=C=CN=C(C)O1. The van der Waals surface area contributed by atoms with Gasteiger partial charge in [-0.2, -0.15) is 0 Å². The predicted molar refractivity (Wildman–Crippen MR) is 31.5 cm³/mol. The molecule has 2 nitrogen and oxygen atoms in total. The van der Waals surface area contributed by atoms with Crippen molar-refractivity contribution in [2.24, 2.45) is 4.99 Å². The van der Waals surface area contributed by atoms with E-state index >= 15 is 0 Å². The number of aliphatic imine (C=N–C) groups is 1. The summed E-state index contributed by atoms with van der Waals surface area (Å²) in [6.45, 7) is 3.65. The van der Waals surface area contributed by atoms with E-state index in [0.29, 0.717) is 5.90 Å². The summed E-state index contributed by atoms with van der Waals surface area (Å²) in [7, 11) is 0. The van der Waals surface area contributed by atoms with Gasteiger partial charge in [-0.3, -0.25) is 0 Å². The van der Waals surface area contributed by atoms with Gasteiger partial charge in [-0.15, -0.1) is 0 Å². The molecule has 0 aliphatic carbocycles. The standard InChI is InChI=1S/C6H7NO/c1-5-3-4-7-6(2)8-5/h4H,1-2H3. The Kier molecular flexibility index (Phi) is 1.18. The average Bonchev–Trinajstić information content (AvgIpc) is 1.64. The third-order valence-electron chi connectivity index (χ3n) is 0.815. The maximum atomic E-state index is 5.01. The molecule has 0 saturated carbocycles. The van der Waals surface area contributed by atoms with E-state index in [1.807, 2.05) is 6.92 Å². The lowest BCUT2D eigenvalue weighted by atomic mass is 10.5. The largest absolute Gasteiger partial charge is 0.440 e. The van der Waals surface area contributed by atoms with Gasteiger partial charge in [0.25, 0.3) is 0 Å². The zero-order chi connectivity index (χ0) is 5.98. The fourth-order valence-corrected chi connectivity index (χ4v) is 0.491. The van der Waals surface area contributed by atoms with Crippen LogP contribution in [-0.4, -0.2) is 5.90 Å². The Morgan fingerprint density at radius 1 is 1.62 bits per heavy atom. The quantitative estimate of drug-likeness (QED) is 0.431. The highest BCUT2D eigenvalue weighted by atomic mass is 16.5. The Morgan fingerprint density at radius 2 is 2.38 bits per heavy atom. The fourth-order valence-electron chi connectivity index (χ4n) is 0.491. The lowest BCUT2D eigenvalue weighted by molar-refractivity contribution is 0.411. The third-order valence-corrected chi connectivity index (χ3v) is 0.815. The maximum absolute atomic E-state index is 5.01. The van der Waals surface area contributed by atoms with Crippen LogP contribution < -0.4 is 0 Å². The van der Waals surface area contributed by atoms with Gasteiger partial charge >= 0.3 is 0 Å². The Balaban J connectivity index is 2.83. The highest BCUT2D eigenvalue weighted by molar-refractivity contribution is 5.75. The van der Waals surface area contributed by atoms with E-state index in [9.17, 15) is 0 Å². The van der Waals surface area contributed by atoms with Crippen LogP contribution in [0.1, 0.15) is 13.8 Å². The van der Waals surface area contributed by atoms with E-state index in [1.165, 1.54) is 0 Å². The molecule has 0 saturated heterocycles. The second-order valence-corrected chi connectivity index (χ2v) is 1.58. The molecule has 0 N–H and O–H groups in total. The number of nitrogens with zero attached hydrogens (tertiary/aromatic N) is 1. The van der Waals surface area contributed by atoms with Crippen LogP contribution in [0.5, 0.6) is 0 Å². The summed E-state index contributed by atoms with van der Waals surface area (Å²) in [6.07, 6.45) is 1.61. The number of allylic oxidation sites excluding steroid dienone is 1. The van der Waals surface area contributed by atoms with E-state index in [2.05, 4.69) is 10.7 Å². The number of hydrogen-bond donors (Lipinski definition) is 0. The normalized spacial score (nSPS) is 16.8. The molecule has 42 valence electrons. The van der Waals surface area contributed by atoms with Crippen molar-refractivity contribution in [1.82, 2.24) is 0 Å². The molecule has 0 spiro atoms. The van der Waals surface area contributed by atoms with Crippen molar-refractivity contribution in [3.05, 3.63) is 17.7 Å². The molecule has 1 rings (SSSR count). The van der Waals surface area contributed by atoms with Crippen LogP contribution >= 0.6 is 0 Å². The Hall–Kier alpha value is -1.01. The highest BCUT2D eigenvalue weighted by Gasteiger charge is 1.93. The molecular weight excluding hydrogens is 102 g/mol. The number of hydrogen-bond acceptors (Lipinski definition) is 2. The topological polar surface area (TPSA) is 21.6 Å². The van der Waals surface area contributed by atoms with Crippen molar-refractivity contribution < 1.29 is 4.74 Å². The molecule has 1 heterocycles. The van der Waals surface area contributed by atoms with Gasteiger partial charge in [0.05, 0.1) is 6.20 Å². The first-order valence-corrected chi connectivity index (χ1v) is 2.43. The fraction of sp³-hybridized carbons (Fsp3) is 0.333. The van der Waals surface area contributed by atoms with E-state index in [4.69, 9.17) is 4.74 Å². The molecule has 0 unspecified atom stereocenters. The summed E-state index contributed by atoms with van der Waals surface area (Å²) in [5, 5.41) is 0. The van der Waals surface area contributed by atoms with Gasteiger partial charge in [-0.25, -0.2) is 4.99 Å². The van der Waals surface area contributed by atoms with Crippen molar-refractivity contribution in [3.8, 4) is 0 Å². The first-order valence-electron chi connectivity index (χ1n) is 2.43. The smallest absolute Gasteiger partial charge is 0.192 e. The third kappa shape index (κ3) is 0.983. The minimum Gasteiger partial charge on any atom is -0.440 e. The minimum atomic E-state index is 0.682. The molecule has 0 aromatic rings. The van der Waals surface area contributed by atoms with Crippen molar-refractivity contribution in [2.75, 3.05) is 0 Å². The van der Waals surface area contributed by atoms with Gasteiger partial charge in [-0.1, -0.05) is 5.73 Å². The van der Waals surface area contributed by atoms with Crippen LogP contribution in [0.15, 0.2) is 22.7 Å². The molecule has 0 fully saturated rings. The molecule has 1 aliphatic rings. The van der Waals surface area contributed by atoms with Gasteiger partial charge in [0.1, 0.15) is 5.76 Å². The Bertz CT molecular complexity index is 185. The molecule has 1 aliphatic heterocycles. The summed E-state index contributed by atoms with van der Waals surface area (Å²) in [6, 6.07) is 0. The van der Waals surface area contributed by atoms with E-state index < -0.39 is 0 Å². The van der Waals surface area contributed by atoms with Gasteiger partial charge in [0, 0.05) is 13.8 Å². The first kappa shape index (κ1) is 5.13. The summed E-state index contributed by atoms with van der Waals surface area (Å²) < 4.78 is 5.01. The Labute approximate surface area is 48.2 Å². The van der Waals surface area contributed by atoms with E-state index in [1.54, 1.807) is 13.1 Å². The van der Waals surface area contributed by atoms with Crippen molar-refractivity contribution in [1.29, 1.82) is 0 Å². The molecule has 0 atom stereocenters.